The molecule has 0 fully saturated rings. The number of halogens is 4. The Morgan fingerprint density at radius 2 is 1.94 bits per heavy atom. The van der Waals surface area contributed by atoms with Crippen molar-refractivity contribution in [2.45, 2.75) is 6.42 Å². The summed E-state index contributed by atoms with van der Waals surface area (Å²) in [5.41, 5.74) is 0.954. The smallest absolute Gasteiger partial charge is 0.250 e. The molecule has 4 rings (SSSR count). The molecule has 0 saturated carbocycles. The predicted molar refractivity (Wildman–Crippen MR) is 113 cm³/mol. The van der Waals surface area contributed by atoms with Gasteiger partial charge >= 0.3 is 0 Å². The van der Waals surface area contributed by atoms with Crippen LogP contribution >= 0.6 is 34.8 Å². The second-order valence-electron chi connectivity index (χ2n) is 6.26. The molecular formula is C21H10Cl3FN4O2. The lowest BCUT2D eigenvalue weighted by atomic mass is 10.1. The summed E-state index contributed by atoms with van der Waals surface area (Å²) in [5, 5.41) is 17.5. The normalized spacial score (nSPS) is 10.7. The summed E-state index contributed by atoms with van der Waals surface area (Å²) in [7, 11) is 0. The van der Waals surface area contributed by atoms with Crippen LogP contribution in [0.1, 0.15) is 17.0 Å². The maximum Gasteiger partial charge on any atom is 0.250 e. The van der Waals surface area contributed by atoms with Gasteiger partial charge in [-0.2, -0.15) is 5.26 Å². The predicted octanol–water partition coefficient (Wildman–Crippen LogP) is 6.49. The van der Waals surface area contributed by atoms with Gasteiger partial charge in [0.1, 0.15) is 10.9 Å². The fourth-order valence-corrected chi connectivity index (χ4v) is 3.36. The third-order valence-electron chi connectivity index (χ3n) is 4.15. The van der Waals surface area contributed by atoms with E-state index in [0.717, 1.165) is 0 Å². The third-order valence-corrected chi connectivity index (χ3v) is 4.96. The molecule has 0 aliphatic carbocycles. The first-order valence-corrected chi connectivity index (χ1v) is 9.86. The van der Waals surface area contributed by atoms with Crippen molar-refractivity contribution < 1.29 is 13.5 Å². The highest BCUT2D eigenvalue weighted by Crippen LogP contribution is 2.36. The van der Waals surface area contributed by atoms with Crippen LogP contribution in [0.4, 0.5) is 4.39 Å². The molecule has 2 aromatic heterocycles. The van der Waals surface area contributed by atoms with Gasteiger partial charge in [0, 0.05) is 16.8 Å². The molecule has 0 aliphatic heterocycles. The van der Waals surface area contributed by atoms with E-state index in [0.29, 0.717) is 5.56 Å². The fourth-order valence-electron chi connectivity index (χ4n) is 2.75. The van der Waals surface area contributed by atoms with Crippen LogP contribution in [0, 0.1) is 17.1 Å². The lowest BCUT2D eigenvalue weighted by molar-refractivity contribution is 0.437. The first-order valence-electron chi connectivity index (χ1n) is 8.73. The zero-order valence-corrected chi connectivity index (χ0v) is 17.7. The third kappa shape index (κ3) is 4.62. The van der Waals surface area contributed by atoms with Gasteiger partial charge in [0.2, 0.25) is 5.89 Å². The van der Waals surface area contributed by atoms with Gasteiger partial charge in [0.25, 0.3) is 5.89 Å². The van der Waals surface area contributed by atoms with Crippen LogP contribution in [-0.4, -0.2) is 15.2 Å². The standard InChI is InChI=1S/C21H10Cl3FN4O2/c22-13-6-11(10-26)7-14(9-13)30-19-16(23)4-3-12(18(19)25)8-17-28-29-21(31-17)15-2-1-5-27-20(15)24/h1-7,9H,8H2. The van der Waals surface area contributed by atoms with E-state index in [1.807, 2.05) is 6.07 Å². The average molecular weight is 476 g/mol. The summed E-state index contributed by atoms with van der Waals surface area (Å²) >= 11 is 18.2. The summed E-state index contributed by atoms with van der Waals surface area (Å²) in [6, 6.07) is 12.6. The quantitative estimate of drug-likeness (QED) is 0.307. The number of nitrogens with zero attached hydrogens (tertiary/aromatic N) is 4. The van der Waals surface area contributed by atoms with Crippen molar-refractivity contribution in [2.24, 2.45) is 0 Å². The Kier molecular flexibility index (Phi) is 6.05. The minimum atomic E-state index is -0.704. The zero-order chi connectivity index (χ0) is 22.0. The molecule has 2 heterocycles. The molecule has 31 heavy (non-hydrogen) atoms. The van der Waals surface area contributed by atoms with Crippen molar-refractivity contribution in [1.29, 1.82) is 5.26 Å². The largest absolute Gasteiger partial charge is 0.453 e. The highest BCUT2D eigenvalue weighted by molar-refractivity contribution is 6.32. The summed E-state index contributed by atoms with van der Waals surface area (Å²) in [5.74, 6) is -0.405. The van der Waals surface area contributed by atoms with E-state index in [1.54, 1.807) is 12.1 Å². The first kappa shape index (κ1) is 21.1. The van der Waals surface area contributed by atoms with Crippen molar-refractivity contribution in [1.82, 2.24) is 15.2 Å². The van der Waals surface area contributed by atoms with Crippen LogP contribution in [-0.2, 0) is 6.42 Å². The summed E-state index contributed by atoms with van der Waals surface area (Å²) in [6.07, 6.45) is 1.52. The Morgan fingerprint density at radius 1 is 1.10 bits per heavy atom. The number of rotatable bonds is 5. The number of ether oxygens (including phenoxy) is 1. The minimum absolute atomic E-state index is 0.0107. The van der Waals surface area contributed by atoms with Crippen LogP contribution in [0.3, 0.4) is 0 Å². The van der Waals surface area contributed by atoms with Crippen molar-refractivity contribution in [2.75, 3.05) is 0 Å². The molecule has 0 spiro atoms. The van der Waals surface area contributed by atoms with Crippen LogP contribution in [0.5, 0.6) is 11.5 Å². The molecule has 6 nitrogen and oxygen atoms in total. The highest BCUT2D eigenvalue weighted by atomic mass is 35.5. The average Bonchev–Trinajstić information content (AvgIpc) is 3.21. The van der Waals surface area contributed by atoms with Crippen LogP contribution in [0.15, 0.2) is 53.1 Å². The van der Waals surface area contributed by atoms with E-state index < -0.39 is 5.82 Å². The topological polar surface area (TPSA) is 84.8 Å². The molecule has 0 atom stereocenters. The van der Waals surface area contributed by atoms with Crippen LogP contribution < -0.4 is 4.74 Å². The molecule has 154 valence electrons. The summed E-state index contributed by atoms with van der Waals surface area (Å²) in [4.78, 5) is 3.96. The van der Waals surface area contributed by atoms with Crippen molar-refractivity contribution in [3.8, 4) is 29.0 Å². The molecule has 0 unspecified atom stereocenters. The van der Waals surface area contributed by atoms with Gasteiger partial charge < -0.3 is 9.15 Å². The van der Waals surface area contributed by atoms with E-state index in [1.165, 1.54) is 36.5 Å². The Balaban J connectivity index is 1.62. The molecule has 0 radical (unpaired) electrons. The molecular weight excluding hydrogens is 466 g/mol. The van der Waals surface area contributed by atoms with Gasteiger partial charge in [0.15, 0.2) is 11.6 Å². The number of aromatic nitrogens is 3. The molecule has 0 amide bonds. The van der Waals surface area contributed by atoms with Crippen LogP contribution in [0.2, 0.25) is 15.2 Å². The fraction of sp³-hybridized carbons (Fsp3) is 0.0476. The van der Waals surface area contributed by atoms with Gasteiger partial charge in [-0.1, -0.05) is 40.9 Å². The molecule has 0 aliphatic rings. The number of pyridine rings is 1. The van der Waals surface area contributed by atoms with Gasteiger partial charge in [-0.25, -0.2) is 9.37 Å². The molecule has 0 saturated heterocycles. The van der Waals surface area contributed by atoms with Gasteiger partial charge in [0.05, 0.1) is 28.6 Å². The minimum Gasteiger partial charge on any atom is -0.453 e. The van der Waals surface area contributed by atoms with Gasteiger partial charge in [-0.15, -0.1) is 10.2 Å². The maximum absolute atomic E-state index is 15.2. The number of hydrogen-bond acceptors (Lipinski definition) is 6. The molecule has 2 aromatic carbocycles. The lowest BCUT2D eigenvalue weighted by Gasteiger charge is -2.11. The van der Waals surface area contributed by atoms with Crippen molar-refractivity contribution >= 4 is 34.8 Å². The van der Waals surface area contributed by atoms with Crippen molar-refractivity contribution in [3.05, 3.63) is 86.7 Å². The van der Waals surface area contributed by atoms with E-state index in [9.17, 15) is 0 Å². The Bertz CT molecular complexity index is 1320. The summed E-state index contributed by atoms with van der Waals surface area (Å²) in [6.45, 7) is 0. The van der Waals surface area contributed by atoms with E-state index in [-0.39, 0.29) is 56.0 Å². The zero-order valence-electron chi connectivity index (χ0n) is 15.4. The monoisotopic (exact) mass is 474 g/mol. The highest BCUT2D eigenvalue weighted by Gasteiger charge is 2.19. The number of hydrogen-bond donors (Lipinski definition) is 0. The van der Waals surface area contributed by atoms with Gasteiger partial charge in [-0.3, -0.25) is 0 Å². The molecule has 0 N–H and O–H groups in total. The molecule has 0 bridgehead atoms. The van der Waals surface area contributed by atoms with E-state index in [4.69, 9.17) is 49.2 Å². The summed E-state index contributed by atoms with van der Waals surface area (Å²) < 4.78 is 26.4. The first-order chi connectivity index (χ1) is 14.9. The molecule has 4 aromatic rings. The number of benzene rings is 2. The number of nitriles is 1. The Labute approximate surface area is 190 Å². The van der Waals surface area contributed by atoms with E-state index in [2.05, 4.69) is 15.2 Å². The molecule has 10 heteroatoms. The second-order valence-corrected chi connectivity index (χ2v) is 7.46. The van der Waals surface area contributed by atoms with E-state index >= 15 is 4.39 Å². The van der Waals surface area contributed by atoms with Gasteiger partial charge in [-0.05, 0) is 36.4 Å². The second kappa shape index (κ2) is 8.90. The SMILES string of the molecule is N#Cc1cc(Cl)cc(Oc2c(Cl)ccc(Cc3nnc(-c4cccnc4Cl)o3)c2F)c1. The van der Waals surface area contributed by atoms with Crippen LogP contribution in [0.25, 0.3) is 11.5 Å². The van der Waals surface area contributed by atoms with Crippen molar-refractivity contribution in [3.63, 3.8) is 0 Å². The lowest BCUT2D eigenvalue weighted by Crippen LogP contribution is -1.98. The Morgan fingerprint density at radius 3 is 2.71 bits per heavy atom. The Hall–Kier alpha value is -3.18. The maximum atomic E-state index is 15.2.